The second kappa shape index (κ2) is 41.9. The quantitative estimate of drug-likeness (QED) is 0.0199. The highest BCUT2D eigenvalue weighted by Crippen LogP contribution is 2.34. The Kier molecular flexibility index (Phi) is 30.1. The summed E-state index contributed by atoms with van der Waals surface area (Å²) in [7, 11) is 0. The fourth-order valence-corrected chi connectivity index (χ4v) is 16.6. The van der Waals surface area contributed by atoms with Gasteiger partial charge in [-0.15, -0.1) is 0 Å². The van der Waals surface area contributed by atoms with Crippen molar-refractivity contribution in [1.29, 1.82) is 0 Å². The molecule has 12 aromatic rings. The minimum absolute atomic E-state index is 0.00346. The van der Waals surface area contributed by atoms with Crippen LogP contribution in [-0.2, 0) is 65.0 Å². The summed E-state index contributed by atoms with van der Waals surface area (Å²) in [5, 5.41) is 77.6. The van der Waals surface area contributed by atoms with Gasteiger partial charge >= 0.3 is 0 Å². The van der Waals surface area contributed by atoms with Gasteiger partial charge in [-0.1, -0.05) is 53.4 Å². The SMILES string of the molecule is CCc1cnn2c(NCc3ccn(CC)c(=O)c3)cc(N3CCCC[C@H]3CCO)nc12.CCc1cnn2c(NCc3ccn(CC)c(=O)c3)cc(N[C@H]3CCCC[C@H]3CO)nc12.CCc1cnn2c(NCc3cnc(N)nc3)cc(N3CCCC[C@H]3CCO)nc12.CCc1cnn2c(NCc3cnc(N)nc3)cc(N[C@H]3CCCC[C@H]3CO)nc12. The van der Waals surface area contributed by atoms with Gasteiger partial charge in [0, 0.05) is 222 Å². The maximum atomic E-state index is 12.2. The highest BCUT2D eigenvalue weighted by molar-refractivity contribution is 5.65. The minimum atomic E-state index is 0.00346. The first-order valence-corrected chi connectivity index (χ1v) is 43.1. The van der Waals surface area contributed by atoms with E-state index in [1.165, 1.54) is 32.1 Å². The summed E-state index contributed by atoms with van der Waals surface area (Å²) in [6, 6.07) is 16.4. The third kappa shape index (κ3) is 21.1. The molecule has 4 aliphatic rings. The number of aliphatic hydroxyl groups excluding tert-OH is 4. The zero-order valence-electron chi connectivity index (χ0n) is 70.2. The van der Waals surface area contributed by atoms with E-state index in [-0.39, 0.29) is 73.4 Å². The number of nitrogen functional groups attached to an aromatic ring is 2. The molecule has 0 radical (unpaired) electrons. The summed E-state index contributed by atoms with van der Waals surface area (Å²) in [4.78, 5) is 64.8. The van der Waals surface area contributed by atoms with Crippen molar-refractivity contribution in [3.05, 3.63) is 176 Å². The molecular weight excluding hydrogens is 1520 g/mol. The van der Waals surface area contributed by atoms with Crippen molar-refractivity contribution in [3.8, 4) is 0 Å². The number of piperidine rings is 2. The van der Waals surface area contributed by atoms with E-state index in [1.807, 2.05) is 105 Å². The number of aryl methyl sites for hydroxylation is 6. The molecular formula is C86H120N28O6. The Morgan fingerprint density at radius 1 is 0.400 bits per heavy atom. The van der Waals surface area contributed by atoms with Crippen LogP contribution >= 0.6 is 0 Å². The van der Waals surface area contributed by atoms with Crippen LogP contribution < -0.4 is 64.3 Å². The molecule has 2 saturated carbocycles. The molecule has 640 valence electrons. The van der Waals surface area contributed by atoms with Crippen LogP contribution in [0.4, 0.5) is 58.4 Å². The smallest absolute Gasteiger partial charge is 0.250 e. The van der Waals surface area contributed by atoms with Crippen LogP contribution in [0.25, 0.3) is 22.6 Å². The molecule has 16 rings (SSSR count). The average molecular weight is 1640 g/mol. The van der Waals surface area contributed by atoms with Crippen LogP contribution in [-0.4, -0.2) is 172 Å². The Morgan fingerprint density at radius 3 is 1.07 bits per heavy atom. The van der Waals surface area contributed by atoms with Crippen LogP contribution in [0.2, 0.25) is 0 Å². The molecule has 0 spiro atoms. The molecule has 34 heteroatoms. The molecule has 2 aliphatic heterocycles. The molecule has 14 N–H and O–H groups in total. The van der Waals surface area contributed by atoms with E-state index in [0.29, 0.717) is 51.4 Å². The van der Waals surface area contributed by atoms with E-state index >= 15 is 0 Å². The van der Waals surface area contributed by atoms with E-state index in [9.17, 15) is 30.0 Å². The van der Waals surface area contributed by atoms with Crippen LogP contribution in [0, 0.1) is 11.8 Å². The summed E-state index contributed by atoms with van der Waals surface area (Å²) < 4.78 is 10.7. The van der Waals surface area contributed by atoms with Gasteiger partial charge < -0.3 is 82.7 Å². The highest BCUT2D eigenvalue weighted by atomic mass is 16.3. The van der Waals surface area contributed by atoms with E-state index in [1.54, 1.807) is 46.1 Å². The molecule has 0 bridgehead atoms. The fraction of sp³-hybridized carbons (Fsp3) is 0.512. The molecule has 14 heterocycles. The predicted octanol–water partition coefficient (Wildman–Crippen LogP) is 10.1. The molecule has 0 unspecified atom stereocenters. The number of hydrogen-bond donors (Lipinski definition) is 12. The van der Waals surface area contributed by atoms with E-state index in [2.05, 4.69) is 110 Å². The number of aliphatic hydroxyl groups is 4. The summed E-state index contributed by atoms with van der Waals surface area (Å²) in [5.41, 5.74) is 22.7. The van der Waals surface area contributed by atoms with Gasteiger partial charge in [-0.2, -0.15) is 38.5 Å². The van der Waals surface area contributed by atoms with Gasteiger partial charge in [-0.05, 0) is 140 Å². The number of nitrogens with one attached hydrogen (secondary N) is 6. The lowest BCUT2D eigenvalue weighted by Crippen LogP contribution is -2.40. The molecule has 6 atom stereocenters. The molecule has 0 amide bonds. The zero-order chi connectivity index (χ0) is 84.0. The van der Waals surface area contributed by atoms with Crippen LogP contribution in [0.1, 0.15) is 189 Å². The largest absolute Gasteiger partial charge is 0.396 e. The normalized spacial score (nSPS) is 18.0. The van der Waals surface area contributed by atoms with Crippen molar-refractivity contribution in [3.63, 3.8) is 0 Å². The molecule has 12 aromatic heterocycles. The van der Waals surface area contributed by atoms with Crippen LogP contribution in [0.5, 0.6) is 0 Å². The topological polar surface area (TPSA) is 428 Å². The molecule has 0 aromatic carbocycles. The van der Waals surface area contributed by atoms with Gasteiger partial charge in [-0.3, -0.25) is 9.59 Å². The van der Waals surface area contributed by atoms with Crippen molar-refractivity contribution < 1.29 is 20.4 Å². The third-order valence-electron chi connectivity index (χ3n) is 23.5. The van der Waals surface area contributed by atoms with E-state index < -0.39 is 0 Å². The summed E-state index contributed by atoms with van der Waals surface area (Å²) in [6.07, 6.45) is 38.6. The second-order valence-corrected chi connectivity index (χ2v) is 31.4. The maximum Gasteiger partial charge on any atom is 0.250 e. The number of pyridine rings is 2. The van der Waals surface area contributed by atoms with Gasteiger partial charge in [0.1, 0.15) is 46.5 Å². The maximum absolute atomic E-state index is 12.2. The molecule has 4 fully saturated rings. The standard InChI is InChI=1S/2C23H32N6O2.2C20H28N8O/c1-3-18-16-25-29-20(24-15-17-8-11-27(4-2)22(31)13-17)14-21(26-23(18)29)28-10-6-5-7-19(28)9-12-30;1-3-17-14-25-29-21(24-13-16-9-10-28(4-2)22(31)11-16)12-20(27-23(17)29)26-19-8-6-5-7-18(19)15-30;1-2-15-13-25-28-17(22-10-14-11-23-20(21)24-12-14)9-18(26-19(15)28)27-7-4-3-5-16(27)6-8-29;1-2-14-11-25-28-18(22-8-13-9-23-20(21)24-10-13)7-17(27-19(14)28)26-16-6-4-3-5-15(16)12-29/h8,11,13-14,16,19,24,30H,3-7,9-10,12,15H2,1-2H3;9-12,14,18-19,24,30H,3-8,13,15H2,1-2H3,(H,26,27);9,11-13,16,22,29H,2-8,10H2,1H3,(H2,21,23,24);7,9-11,15-16,22,29H,2-6,8,12H2,1H3,(H,26,27)(H2,21,23,24)/t19-;18-,19-;16-;15-,16-/m0000/s1. The number of nitrogens with zero attached hydrogens (tertiary/aromatic N) is 20. The number of hydrogen-bond acceptors (Lipinski definition) is 28. The van der Waals surface area contributed by atoms with E-state index in [4.69, 9.17) is 31.4 Å². The number of fused-ring (bicyclic) bond motifs is 4. The van der Waals surface area contributed by atoms with E-state index in [0.717, 1.165) is 223 Å². The van der Waals surface area contributed by atoms with Gasteiger partial charge in [0.05, 0.1) is 24.8 Å². The Morgan fingerprint density at radius 2 is 0.733 bits per heavy atom. The lowest BCUT2D eigenvalue weighted by atomic mass is 9.85. The molecule has 34 nitrogen and oxygen atoms in total. The average Bonchev–Trinajstić information content (AvgIpc) is 1.63. The number of anilines is 10. The van der Waals surface area contributed by atoms with Crippen LogP contribution in [0.3, 0.4) is 0 Å². The van der Waals surface area contributed by atoms with Crippen molar-refractivity contribution in [2.24, 2.45) is 11.8 Å². The van der Waals surface area contributed by atoms with Crippen LogP contribution in [0.15, 0.2) is 120 Å². The number of nitrogens with two attached hydrogens (primary N) is 2. The molecule has 120 heavy (non-hydrogen) atoms. The third-order valence-corrected chi connectivity index (χ3v) is 23.5. The molecule has 2 aliphatic carbocycles. The first-order chi connectivity index (χ1) is 58.6. The lowest BCUT2D eigenvalue weighted by Gasteiger charge is -2.36. The Labute approximate surface area is 699 Å². The summed E-state index contributed by atoms with van der Waals surface area (Å²) in [6.45, 7) is 18.5. The Balaban J connectivity index is 0.000000138. The predicted molar refractivity (Wildman–Crippen MR) is 471 cm³/mol. The Bertz CT molecular complexity index is 5400. The zero-order valence-corrected chi connectivity index (χ0v) is 70.2. The number of aromatic nitrogens is 18. The first-order valence-electron chi connectivity index (χ1n) is 43.1. The molecule has 2 saturated heterocycles. The number of rotatable bonds is 30. The van der Waals surface area contributed by atoms with Gasteiger partial charge in [0.2, 0.25) is 11.9 Å². The Hall–Kier alpha value is -11.6. The monoisotopic (exact) mass is 1640 g/mol. The van der Waals surface area contributed by atoms with Gasteiger partial charge in [-0.25, -0.2) is 39.9 Å². The lowest BCUT2D eigenvalue weighted by molar-refractivity contribution is 0.178. The summed E-state index contributed by atoms with van der Waals surface area (Å²) in [5.74, 6) is 7.87. The minimum Gasteiger partial charge on any atom is -0.396 e. The van der Waals surface area contributed by atoms with Crippen molar-refractivity contribution in [2.75, 3.05) is 92.7 Å². The highest BCUT2D eigenvalue weighted by Gasteiger charge is 2.30. The fourth-order valence-electron chi connectivity index (χ4n) is 16.6. The van der Waals surface area contributed by atoms with Crippen molar-refractivity contribution in [1.82, 2.24) is 87.5 Å². The van der Waals surface area contributed by atoms with Gasteiger partial charge in [0.15, 0.2) is 22.6 Å². The van der Waals surface area contributed by atoms with Gasteiger partial charge in [0.25, 0.3) is 11.1 Å². The van der Waals surface area contributed by atoms with Crippen molar-refractivity contribution >= 4 is 81.0 Å². The van der Waals surface area contributed by atoms with Crippen molar-refractivity contribution in [2.45, 2.75) is 233 Å². The second-order valence-electron chi connectivity index (χ2n) is 31.4. The first kappa shape index (κ1) is 86.2. The summed E-state index contributed by atoms with van der Waals surface area (Å²) >= 11 is 0.